The fraction of sp³-hybridized carbons (Fsp3) is 0.0476. The van der Waals surface area contributed by atoms with Gasteiger partial charge in [-0.3, -0.25) is 4.57 Å². The number of pyridine rings is 1. The summed E-state index contributed by atoms with van der Waals surface area (Å²) in [6, 6.07) is 23.9. The number of nitrogens with zero attached hydrogens (tertiary/aromatic N) is 5. The molecule has 27 heavy (non-hydrogen) atoms. The van der Waals surface area contributed by atoms with Crippen LogP contribution in [0.15, 0.2) is 83.1 Å². The average molecular weight is 369 g/mol. The molecule has 0 saturated carbocycles. The Balaban J connectivity index is 1.80. The van der Waals surface area contributed by atoms with Crippen LogP contribution in [-0.2, 0) is 0 Å². The number of hydrogen-bond acceptors (Lipinski definition) is 5. The molecule has 130 valence electrons. The standard InChI is InChI=1S/C21H15N5S/c1-15-7-10-18(11-8-15)26-20(17-5-3-2-4-6-17)24-25-21(26)27-19-12-9-16(13-22)14-23-19/h2-12,14H,1H3. The second kappa shape index (κ2) is 7.44. The zero-order valence-corrected chi connectivity index (χ0v) is 15.4. The lowest BCUT2D eigenvalue weighted by molar-refractivity contribution is 0.882. The first-order chi connectivity index (χ1) is 13.2. The van der Waals surface area contributed by atoms with Crippen LogP contribution in [0, 0.1) is 18.3 Å². The van der Waals surface area contributed by atoms with Crippen molar-refractivity contribution < 1.29 is 0 Å². The van der Waals surface area contributed by atoms with E-state index in [0.717, 1.165) is 27.3 Å². The summed E-state index contributed by atoms with van der Waals surface area (Å²) in [6.45, 7) is 2.06. The molecule has 0 spiro atoms. The first-order valence-corrected chi connectivity index (χ1v) is 9.18. The van der Waals surface area contributed by atoms with Gasteiger partial charge in [-0.15, -0.1) is 10.2 Å². The van der Waals surface area contributed by atoms with Crippen LogP contribution in [0.2, 0.25) is 0 Å². The maximum absolute atomic E-state index is 8.94. The number of nitriles is 1. The Bertz CT molecular complexity index is 1090. The molecule has 0 N–H and O–H groups in total. The van der Waals surface area contributed by atoms with Gasteiger partial charge in [-0.1, -0.05) is 48.0 Å². The second-order valence-electron chi connectivity index (χ2n) is 5.94. The van der Waals surface area contributed by atoms with E-state index in [-0.39, 0.29) is 0 Å². The van der Waals surface area contributed by atoms with Gasteiger partial charge in [0.2, 0.25) is 5.16 Å². The van der Waals surface area contributed by atoms with E-state index in [1.807, 2.05) is 41.0 Å². The van der Waals surface area contributed by atoms with Gasteiger partial charge in [0.1, 0.15) is 11.1 Å². The Kier molecular flexibility index (Phi) is 4.69. The maximum Gasteiger partial charge on any atom is 0.202 e. The molecule has 0 bridgehead atoms. The van der Waals surface area contributed by atoms with Gasteiger partial charge in [-0.2, -0.15) is 5.26 Å². The Morgan fingerprint density at radius 1 is 0.926 bits per heavy atom. The van der Waals surface area contributed by atoms with Gasteiger partial charge in [0, 0.05) is 17.4 Å². The summed E-state index contributed by atoms with van der Waals surface area (Å²) in [4.78, 5) is 4.34. The van der Waals surface area contributed by atoms with E-state index in [1.54, 1.807) is 12.3 Å². The zero-order valence-electron chi connectivity index (χ0n) is 14.6. The van der Waals surface area contributed by atoms with E-state index in [0.29, 0.717) is 5.56 Å². The normalized spacial score (nSPS) is 10.5. The minimum Gasteiger partial charge on any atom is -0.270 e. The monoisotopic (exact) mass is 369 g/mol. The van der Waals surface area contributed by atoms with Crippen molar-refractivity contribution in [2.45, 2.75) is 17.1 Å². The number of benzene rings is 2. The Morgan fingerprint density at radius 3 is 2.37 bits per heavy atom. The number of rotatable bonds is 4. The first kappa shape index (κ1) is 17.0. The molecule has 0 unspecified atom stereocenters. The third-order valence-corrected chi connectivity index (χ3v) is 4.92. The van der Waals surface area contributed by atoms with Crippen molar-refractivity contribution in [3.63, 3.8) is 0 Å². The van der Waals surface area contributed by atoms with Crippen LogP contribution in [-0.4, -0.2) is 19.7 Å². The first-order valence-electron chi connectivity index (χ1n) is 8.36. The molecule has 0 amide bonds. The van der Waals surface area contributed by atoms with Crippen LogP contribution in [0.3, 0.4) is 0 Å². The van der Waals surface area contributed by atoms with Crippen molar-refractivity contribution >= 4 is 11.8 Å². The van der Waals surface area contributed by atoms with E-state index >= 15 is 0 Å². The highest BCUT2D eigenvalue weighted by atomic mass is 32.2. The largest absolute Gasteiger partial charge is 0.270 e. The van der Waals surface area contributed by atoms with Crippen molar-refractivity contribution in [2.75, 3.05) is 0 Å². The van der Waals surface area contributed by atoms with Gasteiger partial charge in [-0.05, 0) is 43.0 Å². The highest BCUT2D eigenvalue weighted by Crippen LogP contribution is 2.31. The molecule has 0 radical (unpaired) electrons. The molecule has 4 aromatic rings. The molecule has 0 aliphatic heterocycles. The van der Waals surface area contributed by atoms with Crippen molar-refractivity contribution in [3.05, 3.63) is 84.1 Å². The van der Waals surface area contributed by atoms with Crippen LogP contribution >= 0.6 is 11.8 Å². The number of aryl methyl sites for hydroxylation is 1. The molecule has 0 saturated heterocycles. The summed E-state index contributed by atoms with van der Waals surface area (Å²) in [5.41, 5.74) is 3.70. The van der Waals surface area contributed by atoms with Crippen molar-refractivity contribution in [1.29, 1.82) is 5.26 Å². The molecular formula is C21H15N5S. The topological polar surface area (TPSA) is 67.4 Å². The van der Waals surface area contributed by atoms with Gasteiger partial charge in [0.05, 0.1) is 5.56 Å². The van der Waals surface area contributed by atoms with E-state index in [1.165, 1.54) is 17.3 Å². The van der Waals surface area contributed by atoms with Crippen LogP contribution in [0.5, 0.6) is 0 Å². The van der Waals surface area contributed by atoms with E-state index in [2.05, 4.69) is 52.4 Å². The molecule has 5 nitrogen and oxygen atoms in total. The lowest BCUT2D eigenvalue weighted by Crippen LogP contribution is -1.99. The zero-order chi connectivity index (χ0) is 18.6. The van der Waals surface area contributed by atoms with Gasteiger partial charge in [0.25, 0.3) is 0 Å². The fourth-order valence-corrected chi connectivity index (χ4v) is 3.43. The molecule has 2 aromatic carbocycles. The van der Waals surface area contributed by atoms with Crippen LogP contribution in [0.1, 0.15) is 11.1 Å². The summed E-state index contributed by atoms with van der Waals surface area (Å²) in [6.07, 6.45) is 1.56. The quantitative estimate of drug-likeness (QED) is 0.523. The predicted octanol–water partition coefficient (Wildman–Crippen LogP) is 4.66. The maximum atomic E-state index is 8.94. The van der Waals surface area contributed by atoms with E-state index in [4.69, 9.17) is 5.26 Å². The minimum absolute atomic E-state index is 0.532. The van der Waals surface area contributed by atoms with Crippen LogP contribution < -0.4 is 0 Å². The summed E-state index contributed by atoms with van der Waals surface area (Å²) < 4.78 is 2.03. The lowest BCUT2D eigenvalue weighted by Gasteiger charge is -2.10. The smallest absolute Gasteiger partial charge is 0.202 e. The van der Waals surface area contributed by atoms with E-state index < -0.39 is 0 Å². The van der Waals surface area contributed by atoms with Crippen molar-refractivity contribution in [1.82, 2.24) is 19.7 Å². The molecule has 0 atom stereocenters. The minimum atomic E-state index is 0.532. The number of hydrogen-bond donors (Lipinski definition) is 0. The van der Waals surface area contributed by atoms with Gasteiger partial charge in [0.15, 0.2) is 5.82 Å². The molecular weight excluding hydrogens is 354 g/mol. The van der Waals surface area contributed by atoms with Gasteiger partial charge < -0.3 is 0 Å². The third-order valence-electron chi connectivity index (χ3n) is 4.02. The molecule has 4 rings (SSSR count). The molecule has 0 aliphatic rings. The molecule has 0 aliphatic carbocycles. The van der Waals surface area contributed by atoms with Gasteiger partial charge >= 0.3 is 0 Å². The fourth-order valence-electron chi connectivity index (χ4n) is 2.64. The van der Waals surface area contributed by atoms with E-state index in [9.17, 15) is 0 Å². The Morgan fingerprint density at radius 2 is 1.70 bits per heavy atom. The SMILES string of the molecule is Cc1ccc(-n2c(Sc3ccc(C#N)cn3)nnc2-c2ccccc2)cc1. The molecule has 0 fully saturated rings. The second-order valence-corrected chi connectivity index (χ2v) is 6.93. The predicted molar refractivity (Wildman–Crippen MR) is 105 cm³/mol. The van der Waals surface area contributed by atoms with Gasteiger partial charge in [-0.25, -0.2) is 4.98 Å². The third kappa shape index (κ3) is 3.59. The number of aromatic nitrogens is 4. The summed E-state index contributed by atoms with van der Waals surface area (Å²) in [5, 5.41) is 19.2. The van der Waals surface area contributed by atoms with Crippen LogP contribution in [0.4, 0.5) is 0 Å². The van der Waals surface area contributed by atoms with Crippen molar-refractivity contribution in [2.24, 2.45) is 0 Å². The average Bonchev–Trinajstić information content (AvgIpc) is 3.13. The summed E-state index contributed by atoms with van der Waals surface area (Å²) in [7, 11) is 0. The highest BCUT2D eigenvalue weighted by molar-refractivity contribution is 7.99. The van der Waals surface area contributed by atoms with Crippen LogP contribution in [0.25, 0.3) is 17.1 Å². The molecule has 2 aromatic heterocycles. The molecule has 2 heterocycles. The Hall–Kier alpha value is -3.43. The highest BCUT2D eigenvalue weighted by Gasteiger charge is 2.17. The lowest BCUT2D eigenvalue weighted by atomic mass is 10.2. The summed E-state index contributed by atoms with van der Waals surface area (Å²) in [5.74, 6) is 0.774. The Labute approximate surface area is 161 Å². The molecule has 6 heteroatoms. The van der Waals surface area contributed by atoms with Crippen molar-refractivity contribution in [3.8, 4) is 23.1 Å². The summed E-state index contributed by atoms with van der Waals surface area (Å²) >= 11 is 1.42.